The molecule has 124 valence electrons. The lowest BCUT2D eigenvalue weighted by Gasteiger charge is -2.07. The van der Waals surface area contributed by atoms with Gasteiger partial charge < -0.3 is 10.1 Å². The van der Waals surface area contributed by atoms with Crippen LogP contribution in [0.3, 0.4) is 0 Å². The number of hydrogen-bond acceptors (Lipinski definition) is 4. The third-order valence-corrected chi connectivity index (χ3v) is 2.99. The van der Waals surface area contributed by atoms with Crippen molar-refractivity contribution < 1.29 is 27.9 Å². The van der Waals surface area contributed by atoms with Gasteiger partial charge in [-0.1, -0.05) is 12.1 Å². The Morgan fingerprint density at radius 2 is 1.62 bits per heavy atom. The van der Waals surface area contributed by atoms with E-state index in [1.165, 1.54) is 25.1 Å². The van der Waals surface area contributed by atoms with Crippen molar-refractivity contribution in [2.24, 2.45) is 0 Å². The highest BCUT2D eigenvalue weighted by Gasteiger charge is 2.12. The van der Waals surface area contributed by atoms with Crippen molar-refractivity contribution in [3.63, 3.8) is 0 Å². The fraction of sp³-hybridized carbons (Fsp3) is 0.118. The molecule has 0 atom stereocenters. The topological polar surface area (TPSA) is 72.5 Å². The molecule has 0 bridgehead atoms. The monoisotopic (exact) mass is 333 g/mol. The summed E-state index contributed by atoms with van der Waals surface area (Å²) in [7, 11) is 0. The van der Waals surface area contributed by atoms with Crippen LogP contribution in [0.4, 0.5) is 14.5 Å². The maximum Gasteiger partial charge on any atom is 0.338 e. The number of benzene rings is 2. The molecular formula is C17H13F2NO4. The summed E-state index contributed by atoms with van der Waals surface area (Å²) in [5.74, 6) is -3.45. The highest BCUT2D eigenvalue weighted by molar-refractivity contribution is 5.99. The number of carbonyl (C=O) groups excluding carboxylic acids is 3. The summed E-state index contributed by atoms with van der Waals surface area (Å²) in [6.07, 6.45) is 0. The molecule has 0 aliphatic carbocycles. The molecule has 0 fully saturated rings. The van der Waals surface area contributed by atoms with E-state index in [2.05, 4.69) is 5.32 Å². The van der Waals surface area contributed by atoms with Gasteiger partial charge in [0.25, 0.3) is 5.91 Å². The molecule has 1 amide bonds. The van der Waals surface area contributed by atoms with Gasteiger partial charge in [-0.05, 0) is 31.2 Å². The van der Waals surface area contributed by atoms with E-state index < -0.39 is 30.1 Å². The van der Waals surface area contributed by atoms with Crippen molar-refractivity contribution in [3.05, 3.63) is 65.2 Å². The van der Waals surface area contributed by atoms with Gasteiger partial charge in [-0.2, -0.15) is 0 Å². The van der Waals surface area contributed by atoms with E-state index in [1.807, 2.05) is 0 Å². The first-order chi connectivity index (χ1) is 11.3. The second-order valence-corrected chi connectivity index (χ2v) is 4.92. The van der Waals surface area contributed by atoms with Crippen LogP contribution >= 0.6 is 0 Å². The van der Waals surface area contributed by atoms with E-state index in [0.29, 0.717) is 11.6 Å². The summed E-state index contributed by atoms with van der Waals surface area (Å²) in [6.45, 7) is 0.720. The van der Waals surface area contributed by atoms with Crippen LogP contribution in [0.2, 0.25) is 0 Å². The lowest BCUT2D eigenvalue weighted by Crippen LogP contribution is -2.21. The molecule has 24 heavy (non-hydrogen) atoms. The lowest BCUT2D eigenvalue weighted by molar-refractivity contribution is -0.119. The molecule has 0 radical (unpaired) electrons. The van der Waals surface area contributed by atoms with Gasteiger partial charge in [-0.3, -0.25) is 9.59 Å². The molecule has 1 N–H and O–H groups in total. The number of Topliss-reactive ketones (excluding diaryl/α,β-unsaturated/α-hetero) is 1. The summed E-state index contributed by atoms with van der Waals surface area (Å²) in [5.41, 5.74) is 0.364. The van der Waals surface area contributed by atoms with Gasteiger partial charge in [0.2, 0.25) is 0 Å². The normalized spacial score (nSPS) is 10.1. The molecule has 0 aliphatic heterocycles. The number of ketones is 1. The zero-order valence-corrected chi connectivity index (χ0v) is 12.6. The van der Waals surface area contributed by atoms with Gasteiger partial charge in [-0.15, -0.1) is 0 Å². The van der Waals surface area contributed by atoms with E-state index in [1.54, 1.807) is 6.07 Å². The van der Waals surface area contributed by atoms with E-state index >= 15 is 0 Å². The standard InChI is InChI=1S/C17H13F2NO4/c1-10(21)11-3-2-4-12(5-11)17(23)24-9-16(22)20-15-7-13(18)6-14(19)8-15/h2-8H,9H2,1H3,(H,20,22). The summed E-state index contributed by atoms with van der Waals surface area (Å²) in [4.78, 5) is 34.8. The number of halogens is 2. The van der Waals surface area contributed by atoms with Gasteiger partial charge in [0.1, 0.15) is 11.6 Å². The van der Waals surface area contributed by atoms with Crippen molar-refractivity contribution in [2.45, 2.75) is 6.92 Å². The number of amides is 1. The van der Waals surface area contributed by atoms with Crippen molar-refractivity contribution in [1.29, 1.82) is 0 Å². The molecule has 2 aromatic rings. The zero-order chi connectivity index (χ0) is 17.7. The molecule has 5 nitrogen and oxygen atoms in total. The highest BCUT2D eigenvalue weighted by atomic mass is 19.1. The number of carbonyl (C=O) groups is 3. The Kier molecular flexibility index (Phi) is 5.36. The molecule has 0 heterocycles. The number of rotatable bonds is 5. The number of ether oxygens (including phenoxy) is 1. The molecule has 0 aromatic heterocycles. The summed E-state index contributed by atoms with van der Waals surface area (Å²) in [5, 5.41) is 2.21. The predicted molar refractivity (Wildman–Crippen MR) is 81.7 cm³/mol. The van der Waals surface area contributed by atoms with Crippen molar-refractivity contribution in [2.75, 3.05) is 11.9 Å². The molecule has 0 unspecified atom stereocenters. The fourth-order valence-electron chi connectivity index (χ4n) is 1.90. The molecule has 0 spiro atoms. The first kappa shape index (κ1) is 17.3. The maximum atomic E-state index is 13.0. The van der Waals surface area contributed by atoms with Gasteiger partial charge in [0, 0.05) is 17.3 Å². The van der Waals surface area contributed by atoms with Crippen LogP contribution in [0, 0.1) is 11.6 Å². The Bertz CT molecular complexity index is 785. The van der Waals surface area contributed by atoms with Crippen LogP contribution in [0.1, 0.15) is 27.6 Å². The minimum atomic E-state index is -0.844. The van der Waals surface area contributed by atoms with Gasteiger partial charge in [0.05, 0.1) is 5.56 Å². The van der Waals surface area contributed by atoms with E-state index in [9.17, 15) is 23.2 Å². The van der Waals surface area contributed by atoms with Gasteiger partial charge in [-0.25, -0.2) is 13.6 Å². The SMILES string of the molecule is CC(=O)c1cccc(C(=O)OCC(=O)Nc2cc(F)cc(F)c2)c1. The molecule has 2 rings (SSSR count). The van der Waals surface area contributed by atoms with E-state index in [-0.39, 0.29) is 17.0 Å². The second kappa shape index (κ2) is 7.45. The number of hydrogen-bond donors (Lipinski definition) is 1. The molecule has 0 saturated heterocycles. The van der Waals surface area contributed by atoms with Crippen LogP contribution in [-0.2, 0) is 9.53 Å². The number of esters is 1. The Morgan fingerprint density at radius 1 is 1.00 bits per heavy atom. The van der Waals surface area contributed by atoms with Crippen LogP contribution in [0.15, 0.2) is 42.5 Å². The molecule has 7 heteroatoms. The smallest absolute Gasteiger partial charge is 0.338 e. The summed E-state index contributed by atoms with van der Waals surface area (Å²) >= 11 is 0. The Morgan fingerprint density at radius 3 is 2.25 bits per heavy atom. The number of nitrogens with one attached hydrogen (secondary N) is 1. The van der Waals surface area contributed by atoms with Gasteiger partial charge >= 0.3 is 5.97 Å². The molecular weight excluding hydrogens is 320 g/mol. The highest BCUT2D eigenvalue weighted by Crippen LogP contribution is 2.13. The van der Waals surface area contributed by atoms with Crippen LogP contribution in [0.25, 0.3) is 0 Å². The van der Waals surface area contributed by atoms with E-state index in [0.717, 1.165) is 12.1 Å². The minimum absolute atomic E-state index is 0.0906. The Labute approximate surface area is 136 Å². The average Bonchev–Trinajstić information content (AvgIpc) is 2.51. The minimum Gasteiger partial charge on any atom is -0.452 e. The van der Waals surface area contributed by atoms with Crippen molar-refractivity contribution in [3.8, 4) is 0 Å². The molecule has 2 aromatic carbocycles. The van der Waals surface area contributed by atoms with Crippen LogP contribution < -0.4 is 5.32 Å². The third kappa shape index (κ3) is 4.70. The van der Waals surface area contributed by atoms with Crippen molar-refractivity contribution in [1.82, 2.24) is 0 Å². The Hall–Kier alpha value is -3.09. The quantitative estimate of drug-likeness (QED) is 0.674. The predicted octanol–water partition coefficient (Wildman–Crippen LogP) is 2.96. The maximum absolute atomic E-state index is 13.0. The van der Waals surface area contributed by atoms with Crippen LogP contribution in [-0.4, -0.2) is 24.3 Å². The van der Waals surface area contributed by atoms with Crippen LogP contribution in [0.5, 0.6) is 0 Å². The third-order valence-electron chi connectivity index (χ3n) is 2.99. The van der Waals surface area contributed by atoms with Gasteiger partial charge in [0.15, 0.2) is 12.4 Å². The second-order valence-electron chi connectivity index (χ2n) is 4.92. The molecule has 0 saturated carbocycles. The largest absolute Gasteiger partial charge is 0.452 e. The van der Waals surface area contributed by atoms with Crippen molar-refractivity contribution >= 4 is 23.3 Å². The van der Waals surface area contributed by atoms with E-state index in [4.69, 9.17) is 4.74 Å². The fourth-order valence-corrected chi connectivity index (χ4v) is 1.90. The summed E-state index contributed by atoms with van der Waals surface area (Å²) < 4.78 is 30.8. The number of anilines is 1. The first-order valence-electron chi connectivity index (χ1n) is 6.89. The molecule has 0 aliphatic rings. The average molecular weight is 333 g/mol. The lowest BCUT2D eigenvalue weighted by atomic mass is 10.1. The summed E-state index contributed by atoms with van der Waals surface area (Å²) in [6, 6.07) is 8.38. The zero-order valence-electron chi connectivity index (χ0n) is 12.6. The first-order valence-corrected chi connectivity index (χ1v) is 6.89. The Balaban J connectivity index is 1.95.